The van der Waals surface area contributed by atoms with Crippen LogP contribution in [0, 0.1) is 6.92 Å². The molecule has 1 heterocycles. The average Bonchev–Trinajstić information content (AvgIpc) is 2.57. The monoisotopic (exact) mass is 223 g/mol. The van der Waals surface area contributed by atoms with Gasteiger partial charge in [-0.1, -0.05) is 0 Å². The van der Waals surface area contributed by atoms with Gasteiger partial charge in [0.1, 0.15) is 5.82 Å². The highest BCUT2D eigenvalue weighted by atomic mass is 16.2. The molecule has 0 atom stereocenters. The summed E-state index contributed by atoms with van der Waals surface area (Å²) in [5, 5.41) is 9.71. The second-order valence-electron chi connectivity index (χ2n) is 4.27. The summed E-state index contributed by atoms with van der Waals surface area (Å²) in [4.78, 5) is 17.5. The first-order valence-corrected chi connectivity index (χ1v) is 5.54. The van der Waals surface area contributed by atoms with E-state index in [4.69, 9.17) is 0 Å². The Hall–Kier alpha value is -1.59. The smallest absolute Gasteiger partial charge is 0.317 e. The van der Waals surface area contributed by atoms with E-state index in [1.165, 1.54) is 6.42 Å². The number of hydrogen-bond acceptors (Lipinski definition) is 3. The molecule has 0 radical (unpaired) electrons. The van der Waals surface area contributed by atoms with E-state index < -0.39 is 0 Å². The number of H-pyrrole nitrogens is 1. The van der Waals surface area contributed by atoms with Gasteiger partial charge in [0.2, 0.25) is 0 Å². The largest absolute Gasteiger partial charge is 0.335 e. The van der Waals surface area contributed by atoms with E-state index in [1.807, 2.05) is 6.92 Å². The van der Waals surface area contributed by atoms with E-state index in [2.05, 4.69) is 20.5 Å². The number of carbonyl (C=O) groups is 1. The van der Waals surface area contributed by atoms with Gasteiger partial charge in [0.15, 0.2) is 5.82 Å². The third-order valence-corrected chi connectivity index (χ3v) is 2.80. The Kier molecular flexibility index (Phi) is 3.07. The van der Waals surface area contributed by atoms with Crippen molar-refractivity contribution in [1.29, 1.82) is 0 Å². The molecule has 6 heteroatoms. The third kappa shape index (κ3) is 2.50. The van der Waals surface area contributed by atoms with Crippen molar-refractivity contribution in [1.82, 2.24) is 25.4 Å². The number of nitrogens with zero attached hydrogens (tertiary/aromatic N) is 3. The van der Waals surface area contributed by atoms with E-state index in [0.29, 0.717) is 18.4 Å². The number of aromatic nitrogens is 3. The first kappa shape index (κ1) is 10.9. The highest BCUT2D eigenvalue weighted by Gasteiger charge is 2.21. The number of aromatic amines is 1. The predicted molar refractivity (Wildman–Crippen MR) is 58.8 cm³/mol. The van der Waals surface area contributed by atoms with E-state index >= 15 is 0 Å². The van der Waals surface area contributed by atoms with Crippen LogP contribution < -0.4 is 5.32 Å². The molecule has 2 amide bonds. The number of aryl methyl sites for hydroxylation is 1. The van der Waals surface area contributed by atoms with E-state index in [9.17, 15) is 4.79 Å². The Bertz CT molecular complexity index is 371. The Morgan fingerprint density at radius 2 is 2.38 bits per heavy atom. The van der Waals surface area contributed by atoms with Crippen molar-refractivity contribution in [2.75, 3.05) is 7.05 Å². The molecule has 2 N–H and O–H groups in total. The molecule has 16 heavy (non-hydrogen) atoms. The zero-order chi connectivity index (χ0) is 11.5. The van der Waals surface area contributed by atoms with Gasteiger partial charge in [-0.15, -0.1) is 0 Å². The van der Waals surface area contributed by atoms with Crippen LogP contribution in [0.3, 0.4) is 0 Å². The van der Waals surface area contributed by atoms with Crippen LogP contribution in [0.25, 0.3) is 0 Å². The normalized spacial score (nSPS) is 15.6. The maximum atomic E-state index is 11.7. The zero-order valence-electron chi connectivity index (χ0n) is 9.66. The van der Waals surface area contributed by atoms with Crippen molar-refractivity contribution in [3.63, 3.8) is 0 Å². The lowest BCUT2D eigenvalue weighted by atomic mass is 9.93. The molecule has 6 nitrogen and oxygen atoms in total. The number of carbonyl (C=O) groups excluding carboxylic acids is 1. The van der Waals surface area contributed by atoms with Gasteiger partial charge in [-0.3, -0.25) is 5.10 Å². The van der Waals surface area contributed by atoms with Crippen molar-refractivity contribution < 1.29 is 4.79 Å². The topological polar surface area (TPSA) is 73.9 Å². The summed E-state index contributed by atoms with van der Waals surface area (Å²) >= 11 is 0. The Morgan fingerprint density at radius 3 is 2.88 bits per heavy atom. The van der Waals surface area contributed by atoms with Crippen LogP contribution in [0.1, 0.15) is 30.9 Å². The third-order valence-electron chi connectivity index (χ3n) is 2.80. The zero-order valence-corrected chi connectivity index (χ0v) is 9.66. The standard InChI is InChI=1S/C10H17N5O/c1-7-11-9(14-13-7)6-15(2)10(16)12-8-4-3-5-8/h8H,3-6H2,1-2H3,(H,12,16)(H,11,13,14). The van der Waals surface area contributed by atoms with Gasteiger partial charge in [0, 0.05) is 13.1 Å². The molecule has 1 aromatic heterocycles. The number of amides is 2. The van der Waals surface area contributed by atoms with Gasteiger partial charge in [0.05, 0.1) is 6.54 Å². The van der Waals surface area contributed by atoms with Gasteiger partial charge < -0.3 is 10.2 Å². The van der Waals surface area contributed by atoms with Crippen molar-refractivity contribution in [2.45, 2.75) is 38.8 Å². The predicted octanol–water partition coefficient (Wildman–Crippen LogP) is 0.807. The van der Waals surface area contributed by atoms with Crippen LogP contribution in [0.2, 0.25) is 0 Å². The van der Waals surface area contributed by atoms with Crippen LogP contribution in [-0.4, -0.2) is 39.2 Å². The highest BCUT2D eigenvalue weighted by Crippen LogP contribution is 2.18. The first-order valence-electron chi connectivity index (χ1n) is 5.54. The van der Waals surface area contributed by atoms with Crippen molar-refractivity contribution in [2.24, 2.45) is 0 Å². The molecule has 2 rings (SSSR count). The van der Waals surface area contributed by atoms with Crippen LogP contribution in [0.4, 0.5) is 4.79 Å². The maximum Gasteiger partial charge on any atom is 0.317 e. The maximum absolute atomic E-state index is 11.7. The second kappa shape index (κ2) is 4.51. The Balaban J connectivity index is 1.82. The molecule has 1 fully saturated rings. The summed E-state index contributed by atoms with van der Waals surface area (Å²) in [6.07, 6.45) is 3.41. The molecular formula is C10H17N5O. The van der Waals surface area contributed by atoms with Gasteiger partial charge in [-0.05, 0) is 26.2 Å². The van der Waals surface area contributed by atoms with Crippen molar-refractivity contribution in [3.05, 3.63) is 11.6 Å². The molecule has 1 aliphatic rings. The van der Waals surface area contributed by atoms with Crippen molar-refractivity contribution in [3.8, 4) is 0 Å². The molecule has 0 unspecified atom stereocenters. The van der Waals surface area contributed by atoms with Crippen LogP contribution in [-0.2, 0) is 6.54 Å². The molecule has 0 saturated heterocycles. The van der Waals surface area contributed by atoms with Crippen LogP contribution in [0.15, 0.2) is 0 Å². The molecule has 0 aliphatic heterocycles. The fraction of sp³-hybridized carbons (Fsp3) is 0.700. The Labute approximate surface area is 94.4 Å². The molecular weight excluding hydrogens is 206 g/mol. The summed E-state index contributed by atoms with van der Waals surface area (Å²) in [6, 6.07) is 0.316. The molecule has 1 aromatic rings. The van der Waals surface area contributed by atoms with E-state index in [0.717, 1.165) is 18.7 Å². The summed E-state index contributed by atoms with van der Waals surface area (Å²) in [6.45, 7) is 2.27. The van der Waals surface area contributed by atoms with E-state index in [-0.39, 0.29) is 6.03 Å². The summed E-state index contributed by atoms with van der Waals surface area (Å²) < 4.78 is 0. The fourth-order valence-electron chi connectivity index (χ4n) is 1.58. The summed E-state index contributed by atoms with van der Waals surface area (Å²) in [7, 11) is 1.75. The molecule has 88 valence electrons. The SMILES string of the molecule is Cc1nc(CN(C)C(=O)NC2CCC2)n[nH]1. The Morgan fingerprint density at radius 1 is 1.62 bits per heavy atom. The van der Waals surface area contributed by atoms with Crippen LogP contribution >= 0.6 is 0 Å². The molecule has 1 saturated carbocycles. The minimum atomic E-state index is -0.0489. The minimum absolute atomic E-state index is 0.0489. The number of nitrogens with one attached hydrogen (secondary N) is 2. The lowest BCUT2D eigenvalue weighted by Crippen LogP contribution is -2.45. The fourth-order valence-corrected chi connectivity index (χ4v) is 1.58. The average molecular weight is 223 g/mol. The molecule has 0 aromatic carbocycles. The van der Waals surface area contributed by atoms with E-state index in [1.54, 1.807) is 11.9 Å². The van der Waals surface area contributed by atoms with Crippen molar-refractivity contribution >= 4 is 6.03 Å². The second-order valence-corrected chi connectivity index (χ2v) is 4.27. The van der Waals surface area contributed by atoms with Crippen LogP contribution in [0.5, 0.6) is 0 Å². The minimum Gasteiger partial charge on any atom is -0.335 e. The molecule has 1 aliphatic carbocycles. The van der Waals surface area contributed by atoms with Gasteiger partial charge in [-0.2, -0.15) is 5.10 Å². The number of rotatable bonds is 3. The summed E-state index contributed by atoms with van der Waals surface area (Å²) in [5.74, 6) is 1.41. The van der Waals surface area contributed by atoms with Gasteiger partial charge in [0.25, 0.3) is 0 Å². The van der Waals surface area contributed by atoms with Gasteiger partial charge in [-0.25, -0.2) is 9.78 Å². The lowest BCUT2D eigenvalue weighted by molar-refractivity contribution is 0.193. The van der Waals surface area contributed by atoms with Gasteiger partial charge >= 0.3 is 6.03 Å². The number of urea groups is 1. The molecule has 0 bridgehead atoms. The number of hydrogen-bond donors (Lipinski definition) is 2. The lowest BCUT2D eigenvalue weighted by Gasteiger charge is -2.28. The quantitative estimate of drug-likeness (QED) is 0.796. The first-order chi connectivity index (χ1) is 7.65. The highest BCUT2D eigenvalue weighted by molar-refractivity contribution is 5.74. The summed E-state index contributed by atoms with van der Waals surface area (Å²) in [5.41, 5.74) is 0. The molecule has 0 spiro atoms.